The summed E-state index contributed by atoms with van der Waals surface area (Å²) in [7, 11) is 0. The van der Waals surface area contributed by atoms with E-state index in [-0.39, 0.29) is 5.78 Å². The minimum Gasteiger partial charge on any atom is -0.444 e. The molecule has 0 aromatic rings. The van der Waals surface area contributed by atoms with E-state index in [0.717, 1.165) is 12.6 Å². The molecule has 1 saturated heterocycles. The van der Waals surface area contributed by atoms with Crippen LogP contribution in [0.3, 0.4) is 0 Å². The average Bonchev–Trinajstić information content (AvgIpc) is 2.63. The number of hydrogen-bond donors (Lipinski definition) is 0. The molecule has 0 spiro atoms. The molecule has 0 aromatic carbocycles. The van der Waals surface area contributed by atoms with Gasteiger partial charge in [-0.2, -0.15) is 4.79 Å². The molecule has 0 bridgehead atoms. The fourth-order valence-electron chi connectivity index (χ4n) is 1.74. The van der Waals surface area contributed by atoms with Gasteiger partial charge in [0.15, 0.2) is 0 Å². The summed E-state index contributed by atoms with van der Waals surface area (Å²) in [5.41, 5.74) is 7.74. The van der Waals surface area contributed by atoms with Crippen LogP contribution in [0.2, 0.25) is 0 Å². The third kappa shape index (κ3) is 3.67. The van der Waals surface area contributed by atoms with Crippen LogP contribution in [0, 0.1) is 0 Å². The summed E-state index contributed by atoms with van der Waals surface area (Å²) in [6.07, 6.45) is 1.64. The molecule has 0 saturated carbocycles. The first-order valence-corrected chi connectivity index (χ1v) is 5.56. The van der Waals surface area contributed by atoms with Gasteiger partial charge in [0, 0.05) is 6.54 Å². The molecule has 1 heterocycles. The van der Waals surface area contributed by atoms with Crippen LogP contribution in [0.1, 0.15) is 33.6 Å². The van der Waals surface area contributed by atoms with E-state index in [0.29, 0.717) is 13.0 Å². The van der Waals surface area contributed by atoms with E-state index in [1.807, 2.05) is 0 Å². The zero-order valence-corrected chi connectivity index (χ0v) is 10.3. The van der Waals surface area contributed by atoms with Gasteiger partial charge in [-0.1, -0.05) is 0 Å². The van der Waals surface area contributed by atoms with Gasteiger partial charge in [0.25, 0.3) is 5.78 Å². The van der Waals surface area contributed by atoms with Crippen molar-refractivity contribution in [2.24, 2.45) is 0 Å². The molecule has 0 aromatic heterocycles. The van der Waals surface area contributed by atoms with Crippen LogP contribution in [0.25, 0.3) is 5.53 Å². The van der Waals surface area contributed by atoms with Crippen molar-refractivity contribution in [2.45, 2.75) is 45.3 Å². The van der Waals surface area contributed by atoms with Crippen molar-refractivity contribution in [3.8, 4) is 0 Å². The van der Waals surface area contributed by atoms with Crippen molar-refractivity contribution in [1.82, 2.24) is 4.90 Å². The number of nitrogens with zero attached hydrogens (tertiary/aromatic N) is 3. The molecule has 1 aliphatic heterocycles. The first-order chi connectivity index (χ1) is 7.85. The minimum atomic E-state index is -0.585. The topological polar surface area (TPSA) is 83.0 Å². The second-order valence-corrected chi connectivity index (χ2v) is 4.98. The number of carbonyl (C=O) groups is 2. The number of likely N-dealkylation sites (tertiary alicyclic amines) is 1. The molecule has 0 N–H and O–H groups in total. The van der Waals surface area contributed by atoms with Crippen LogP contribution in [0.4, 0.5) is 4.79 Å². The molecule has 17 heavy (non-hydrogen) atoms. The van der Waals surface area contributed by atoms with E-state index in [4.69, 9.17) is 10.3 Å². The van der Waals surface area contributed by atoms with E-state index < -0.39 is 17.7 Å². The molecule has 1 unspecified atom stereocenters. The Labute approximate surface area is 100 Å². The number of ether oxygens (including phenoxy) is 1. The van der Waals surface area contributed by atoms with Crippen LogP contribution in [-0.2, 0) is 9.53 Å². The standard InChI is InChI=1S/C11H17N3O3/c1-11(2,3)17-10(16)14-6-4-5-8(14)9(15)7-13-12/h7-8H,4-6H2,1-3H3. The SMILES string of the molecule is CC(C)(C)OC(=O)N1CCCC1C(=O)C=[N+]=[N-]. The van der Waals surface area contributed by atoms with Gasteiger partial charge in [0.2, 0.25) is 0 Å². The van der Waals surface area contributed by atoms with Gasteiger partial charge in [-0.05, 0) is 33.6 Å². The Morgan fingerprint density at radius 1 is 1.47 bits per heavy atom. The molecule has 0 aliphatic carbocycles. The first-order valence-electron chi connectivity index (χ1n) is 5.56. The fraction of sp³-hybridized carbons (Fsp3) is 0.727. The summed E-state index contributed by atoms with van der Waals surface area (Å²) < 4.78 is 5.21. The molecule has 6 nitrogen and oxygen atoms in total. The van der Waals surface area contributed by atoms with Gasteiger partial charge in [-0.15, -0.1) is 0 Å². The summed E-state index contributed by atoms with van der Waals surface area (Å²) in [5.74, 6) is -0.379. The highest BCUT2D eigenvalue weighted by Gasteiger charge is 2.37. The quantitative estimate of drug-likeness (QED) is 0.413. The number of amides is 1. The zero-order valence-electron chi connectivity index (χ0n) is 10.3. The third-order valence-electron chi connectivity index (χ3n) is 2.39. The third-order valence-corrected chi connectivity index (χ3v) is 2.39. The largest absolute Gasteiger partial charge is 0.444 e. The Hall–Kier alpha value is -1.68. The Morgan fingerprint density at radius 2 is 2.12 bits per heavy atom. The lowest BCUT2D eigenvalue weighted by molar-refractivity contribution is -0.120. The van der Waals surface area contributed by atoms with Crippen LogP contribution < -0.4 is 0 Å². The average molecular weight is 239 g/mol. The summed E-state index contributed by atoms with van der Waals surface area (Å²) in [4.78, 5) is 27.5. The van der Waals surface area contributed by atoms with Gasteiger partial charge in [0.05, 0.1) is 0 Å². The van der Waals surface area contributed by atoms with Crippen LogP contribution >= 0.6 is 0 Å². The maximum atomic E-state index is 11.8. The predicted molar refractivity (Wildman–Crippen MR) is 60.7 cm³/mol. The molecule has 1 amide bonds. The number of carbonyl (C=O) groups excluding carboxylic acids is 2. The molecular formula is C11H17N3O3. The summed E-state index contributed by atoms with van der Waals surface area (Å²) >= 11 is 0. The second kappa shape index (κ2) is 5.10. The first kappa shape index (κ1) is 13.4. The van der Waals surface area contributed by atoms with Gasteiger partial charge in [-0.25, -0.2) is 4.79 Å². The van der Waals surface area contributed by atoms with E-state index in [1.165, 1.54) is 4.90 Å². The number of rotatable bonds is 2. The van der Waals surface area contributed by atoms with Crippen molar-refractivity contribution in [1.29, 1.82) is 0 Å². The van der Waals surface area contributed by atoms with E-state index in [9.17, 15) is 9.59 Å². The van der Waals surface area contributed by atoms with Gasteiger partial charge < -0.3 is 10.3 Å². The fourth-order valence-corrected chi connectivity index (χ4v) is 1.74. The summed E-state index contributed by atoms with van der Waals surface area (Å²) in [6, 6.07) is -0.569. The molecule has 0 radical (unpaired) electrons. The molecule has 94 valence electrons. The van der Waals surface area contributed by atoms with Crippen molar-refractivity contribution >= 4 is 18.1 Å². The molecular weight excluding hydrogens is 222 g/mol. The lowest BCUT2D eigenvalue weighted by atomic mass is 10.1. The van der Waals surface area contributed by atoms with Crippen molar-refractivity contribution in [3.05, 3.63) is 5.53 Å². The lowest BCUT2D eigenvalue weighted by Crippen LogP contribution is -2.43. The monoisotopic (exact) mass is 239 g/mol. The van der Waals surface area contributed by atoms with Crippen molar-refractivity contribution in [2.75, 3.05) is 6.54 Å². The zero-order chi connectivity index (χ0) is 13.1. The Morgan fingerprint density at radius 3 is 2.65 bits per heavy atom. The van der Waals surface area contributed by atoms with E-state index in [2.05, 4.69) is 4.79 Å². The highest BCUT2D eigenvalue weighted by atomic mass is 16.6. The summed E-state index contributed by atoms with van der Waals surface area (Å²) in [6.45, 7) is 5.80. The normalized spacial score (nSPS) is 19.7. The summed E-state index contributed by atoms with van der Waals surface area (Å²) in [5, 5.41) is 0. The van der Waals surface area contributed by atoms with Crippen LogP contribution in [-0.4, -0.2) is 46.0 Å². The van der Waals surface area contributed by atoms with Gasteiger partial charge >= 0.3 is 12.3 Å². The highest BCUT2D eigenvalue weighted by molar-refractivity contribution is 6.28. The van der Waals surface area contributed by atoms with Gasteiger partial charge in [-0.3, -0.25) is 9.69 Å². The maximum Gasteiger partial charge on any atom is 0.410 e. The number of ketones is 1. The lowest BCUT2D eigenvalue weighted by Gasteiger charge is -2.26. The Kier molecular flexibility index (Phi) is 4.02. The van der Waals surface area contributed by atoms with E-state index >= 15 is 0 Å². The Balaban J connectivity index is 2.72. The second-order valence-electron chi connectivity index (χ2n) is 4.98. The van der Waals surface area contributed by atoms with Crippen molar-refractivity contribution < 1.29 is 19.1 Å². The molecule has 1 fully saturated rings. The molecule has 1 rings (SSSR count). The van der Waals surface area contributed by atoms with Gasteiger partial charge in [0.1, 0.15) is 11.6 Å². The highest BCUT2D eigenvalue weighted by Crippen LogP contribution is 2.20. The maximum absolute atomic E-state index is 11.8. The van der Waals surface area contributed by atoms with Crippen molar-refractivity contribution in [3.63, 3.8) is 0 Å². The van der Waals surface area contributed by atoms with Crippen LogP contribution in [0.15, 0.2) is 0 Å². The Bertz CT molecular complexity index is 367. The molecule has 1 atom stereocenters. The van der Waals surface area contributed by atoms with E-state index in [1.54, 1.807) is 20.8 Å². The molecule has 6 heteroatoms. The number of Topliss-reactive ketones (excluding diaryl/α,β-unsaturated/α-hetero) is 1. The number of hydrogen-bond acceptors (Lipinski definition) is 3. The molecule has 1 aliphatic rings. The van der Waals surface area contributed by atoms with Crippen LogP contribution in [0.5, 0.6) is 0 Å². The predicted octanol–water partition coefficient (Wildman–Crippen LogP) is 1.26. The minimum absolute atomic E-state index is 0.379. The smallest absolute Gasteiger partial charge is 0.410 e.